The van der Waals surface area contributed by atoms with E-state index in [1.807, 2.05) is 0 Å². The zero-order valence-electron chi connectivity index (χ0n) is 4.40. The molecule has 6 heteroatoms. The summed E-state index contributed by atoms with van der Waals surface area (Å²) in [6, 6.07) is 0. The van der Waals surface area contributed by atoms with Gasteiger partial charge < -0.3 is 0 Å². The normalized spacial score (nSPS) is 17.4. The number of hydrogen-bond acceptors (Lipinski definition) is 2. The molecule has 0 saturated carbocycles. The standard InChI is InChI=1S/2CH3O.3ClH.Sb/c2*1-2;;;;/h2*1H3;3*1H;/q2*-1;;;;+5/p-3. The summed E-state index contributed by atoms with van der Waals surface area (Å²) in [4.78, 5) is 0. The van der Waals surface area contributed by atoms with Crippen LogP contribution in [0.4, 0.5) is 0 Å². The Morgan fingerprint density at radius 1 is 1.00 bits per heavy atom. The van der Waals surface area contributed by atoms with Gasteiger partial charge >= 0.3 is 61.6 Å². The Balaban J connectivity index is 3.99. The molecule has 0 rings (SSSR count). The van der Waals surface area contributed by atoms with Crippen LogP contribution in [0.25, 0.3) is 0 Å². The van der Waals surface area contributed by atoms with Gasteiger partial charge in [0.2, 0.25) is 0 Å². The third kappa shape index (κ3) is 3.60. The molecule has 0 aromatic heterocycles. The summed E-state index contributed by atoms with van der Waals surface area (Å²) in [5.41, 5.74) is 0. The molecule has 0 aromatic rings. The van der Waals surface area contributed by atoms with Gasteiger partial charge in [0.1, 0.15) is 0 Å². The zero-order valence-corrected chi connectivity index (χ0v) is 9.22. The van der Waals surface area contributed by atoms with E-state index in [0.717, 1.165) is 0 Å². The van der Waals surface area contributed by atoms with Crippen LogP contribution in [0.1, 0.15) is 0 Å². The van der Waals surface area contributed by atoms with Crippen LogP contribution in [-0.2, 0) is 6.03 Å². The van der Waals surface area contributed by atoms with Gasteiger partial charge in [-0.2, -0.15) is 0 Å². The average Bonchev–Trinajstić information content (AvgIpc) is 1.68. The number of rotatable bonds is 2. The van der Waals surface area contributed by atoms with E-state index in [1.165, 1.54) is 14.2 Å². The number of halogens is 3. The molecule has 0 aromatic carbocycles. The Bertz CT molecular complexity index is 79.0. The fourth-order valence-corrected chi connectivity index (χ4v) is 0.500. The zero-order chi connectivity index (χ0) is 6.86. The third-order valence-corrected chi connectivity index (χ3v) is 9.33. The molecule has 0 aliphatic rings. The van der Waals surface area contributed by atoms with Gasteiger partial charge in [-0.05, 0) is 0 Å². The molecule has 2 nitrogen and oxygen atoms in total. The van der Waals surface area contributed by atoms with Gasteiger partial charge in [0.05, 0.1) is 0 Å². The van der Waals surface area contributed by atoms with Crippen molar-refractivity contribution >= 4 is 41.3 Å². The summed E-state index contributed by atoms with van der Waals surface area (Å²) in [5.74, 6) is 0. The van der Waals surface area contributed by atoms with Crippen molar-refractivity contribution in [2.75, 3.05) is 14.2 Å². The second-order valence-corrected chi connectivity index (χ2v) is 22.9. The predicted molar refractivity (Wildman–Crippen MR) is 37.3 cm³/mol. The van der Waals surface area contributed by atoms with Crippen molar-refractivity contribution in [3.8, 4) is 0 Å². The minimum absolute atomic E-state index is 1.32. The van der Waals surface area contributed by atoms with Gasteiger partial charge in [0, 0.05) is 0 Å². The van der Waals surface area contributed by atoms with Crippen LogP contribution < -0.4 is 0 Å². The van der Waals surface area contributed by atoms with E-state index in [0.29, 0.717) is 0 Å². The predicted octanol–water partition coefficient (Wildman–Crippen LogP) is 1.88. The average molecular weight is 290 g/mol. The Kier molecular flexibility index (Phi) is 3.23. The van der Waals surface area contributed by atoms with Crippen LogP contribution in [0.5, 0.6) is 0 Å². The van der Waals surface area contributed by atoms with Crippen LogP contribution in [-0.4, -0.2) is 29.0 Å². The van der Waals surface area contributed by atoms with Crippen molar-refractivity contribution in [3.05, 3.63) is 0 Å². The molecule has 0 amide bonds. The molecule has 0 bridgehead atoms. The molecule has 0 aliphatic carbocycles. The summed E-state index contributed by atoms with van der Waals surface area (Å²) in [5, 5.41) is 0. The van der Waals surface area contributed by atoms with Crippen LogP contribution in [0.3, 0.4) is 0 Å². The van der Waals surface area contributed by atoms with Crippen molar-refractivity contribution in [1.82, 2.24) is 0 Å². The molecule has 0 spiro atoms. The molecule has 0 radical (unpaired) electrons. The molecule has 0 fully saturated rings. The molecule has 0 heterocycles. The minimum atomic E-state index is -4.39. The van der Waals surface area contributed by atoms with E-state index < -0.39 is 14.8 Å². The monoisotopic (exact) mass is 288 g/mol. The second-order valence-electron chi connectivity index (χ2n) is 1.05. The molecule has 8 heavy (non-hydrogen) atoms. The summed E-state index contributed by atoms with van der Waals surface area (Å²) in [6.07, 6.45) is 0. The molecule has 52 valence electrons. The van der Waals surface area contributed by atoms with Gasteiger partial charge in [-0.25, -0.2) is 0 Å². The molecule has 0 unspecified atom stereocenters. The van der Waals surface area contributed by atoms with E-state index in [4.69, 9.17) is 26.5 Å². The quantitative estimate of drug-likeness (QED) is 0.723. The molecule has 0 saturated heterocycles. The van der Waals surface area contributed by atoms with E-state index in [-0.39, 0.29) is 0 Å². The van der Waals surface area contributed by atoms with Gasteiger partial charge in [0.15, 0.2) is 0 Å². The van der Waals surface area contributed by atoms with Gasteiger partial charge in [-0.15, -0.1) is 0 Å². The fourth-order valence-electron chi connectivity index (χ4n) is 0.0745. The maximum absolute atomic E-state index is 5.45. The number of hydrogen-bond donors (Lipinski definition) is 0. The summed E-state index contributed by atoms with van der Waals surface area (Å²) < 4.78 is 9.10. The van der Waals surface area contributed by atoms with E-state index in [2.05, 4.69) is 6.03 Å². The van der Waals surface area contributed by atoms with Crippen molar-refractivity contribution in [1.29, 1.82) is 0 Å². The van der Waals surface area contributed by atoms with E-state index in [9.17, 15) is 0 Å². The topological polar surface area (TPSA) is 18.5 Å². The molecule has 0 N–H and O–H groups in total. The van der Waals surface area contributed by atoms with Gasteiger partial charge in [0.25, 0.3) is 0 Å². The first-order valence-electron chi connectivity index (χ1n) is 1.69. The van der Waals surface area contributed by atoms with Gasteiger partial charge in [-0.3, -0.25) is 0 Å². The van der Waals surface area contributed by atoms with Crippen LogP contribution in [0, 0.1) is 0 Å². The third-order valence-electron chi connectivity index (χ3n) is 0.563. The van der Waals surface area contributed by atoms with E-state index >= 15 is 0 Å². The van der Waals surface area contributed by atoms with Crippen LogP contribution in [0.15, 0.2) is 0 Å². The Hall–Kier alpha value is 1.61. The maximum atomic E-state index is 5.45. The molecular weight excluding hydrogens is 284 g/mol. The molecule has 0 aliphatic heterocycles. The molecule has 0 atom stereocenters. The summed E-state index contributed by atoms with van der Waals surface area (Å²) in [6.45, 7) is 0. The van der Waals surface area contributed by atoms with Crippen molar-refractivity contribution < 1.29 is 6.03 Å². The SMILES string of the molecule is C[O][Sb]([Cl])([Cl])([Cl])[O]C. The Labute approximate surface area is 61.2 Å². The van der Waals surface area contributed by atoms with Crippen molar-refractivity contribution in [2.45, 2.75) is 0 Å². The van der Waals surface area contributed by atoms with Crippen LogP contribution >= 0.6 is 26.5 Å². The van der Waals surface area contributed by atoms with Crippen LogP contribution in [0.2, 0.25) is 0 Å². The van der Waals surface area contributed by atoms with E-state index in [1.54, 1.807) is 0 Å². The van der Waals surface area contributed by atoms with Crippen molar-refractivity contribution in [3.63, 3.8) is 0 Å². The summed E-state index contributed by atoms with van der Waals surface area (Å²) >= 11 is -4.39. The van der Waals surface area contributed by atoms with Crippen molar-refractivity contribution in [2.24, 2.45) is 0 Å². The first-order chi connectivity index (χ1) is 3.39. The Morgan fingerprint density at radius 2 is 1.25 bits per heavy atom. The summed E-state index contributed by atoms with van der Waals surface area (Å²) in [7, 11) is 19.0. The fraction of sp³-hybridized carbons (Fsp3) is 1.00. The van der Waals surface area contributed by atoms with Gasteiger partial charge in [-0.1, -0.05) is 0 Å². The Morgan fingerprint density at radius 3 is 1.25 bits per heavy atom. The second kappa shape index (κ2) is 2.69. The first kappa shape index (κ1) is 9.61. The first-order valence-corrected chi connectivity index (χ1v) is 13.5. The molecular formula is C2H6Cl3O2Sb.